The summed E-state index contributed by atoms with van der Waals surface area (Å²) < 4.78 is 37.7. The number of carbonyl (C=O) groups is 1. The van der Waals surface area contributed by atoms with Gasteiger partial charge in [-0.1, -0.05) is 24.3 Å². The topological polar surface area (TPSA) is 38.8 Å². The number of rotatable bonds is 4. The number of carbonyl (C=O) groups excluding carboxylic acids is 1. The molecule has 0 amide bonds. The summed E-state index contributed by atoms with van der Waals surface area (Å²) >= 11 is 0. The zero-order chi connectivity index (χ0) is 18.8. The van der Waals surface area contributed by atoms with Crippen molar-refractivity contribution in [3.63, 3.8) is 0 Å². The number of hydrogen-bond acceptors (Lipinski definition) is 4. The van der Waals surface area contributed by atoms with Crippen LogP contribution in [0.2, 0.25) is 0 Å². The van der Waals surface area contributed by atoms with Crippen molar-refractivity contribution in [1.29, 1.82) is 0 Å². The highest BCUT2D eigenvalue weighted by atomic mass is 19.1. The fraction of sp³-hybridized carbons (Fsp3) is 0.381. The molecular weight excluding hydrogens is 352 g/mol. The Bertz CT molecular complexity index is 741. The Hall–Kier alpha value is -2.47. The van der Waals surface area contributed by atoms with Gasteiger partial charge in [0.15, 0.2) is 6.10 Å². The van der Waals surface area contributed by atoms with Crippen LogP contribution >= 0.6 is 0 Å². The predicted molar refractivity (Wildman–Crippen MR) is 95.2 cm³/mol. The van der Waals surface area contributed by atoms with Crippen LogP contribution in [0.25, 0.3) is 0 Å². The Balaban J connectivity index is 1.51. The summed E-state index contributed by atoms with van der Waals surface area (Å²) in [4.78, 5) is 14.8. The summed E-state index contributed by atoms with van der Waals surface area (Å²) in [5, 5.41) is 0. The van der Waals surface area contributed by atoms with Crippen molar-refractivity contribution in [3.05, 3.63) is 71.3 Å². The first-order chi connectivity index (χ1) is 13.1. The van der Waals surface area contributed by atoms with E-state index in [9.17, 15) is 13.6 Å². The lowest BCUT2D eigenvalue weighted by atomic mass is 9.86. The van der Waals surface area contributed by atoms with Gasteiger partial charge in [0.25, 0.3) is 0 Å². The highest BCUT2D eigenvalue weighted by Crippen LogP contribution is 2.31. The van der Waals surface area contributed by atoms with E-state index in [1.54, 1.807) is 24.3 Å². The van der Waals surface area contributed by atoms with E-state index in [1.165, 1.54) is 24.3 Å². The number of benzene rings is 2. The Morgan fingerprint density at radius 1 is 0.926 bits per heavy atom. The van der Waals surface area contributed by atoms with E-state index in [2.05, 4.69) is 4.90 Å². The quantitative estimate of drug-likeness (QED) is 0.749. The molecule has 6 heteroatoms. The largest absolute Gasteiger partial charge is 0.509 e. The first kappa shape index (κ1) is 17.9. The monoisotopic (exact) mass is 373 g/mol. The third-order valence-corrected chi connectivity index (χ3v) is 5.40. The lowest BCUT2D eigenvalue weighted by Gasteiger charge is -2.43. The molecule has 0 unspecified atom stereocenters. The van der Waals surface area contributed by atoms with Gasteiger partial charge in [0, 0.05) is 6.54 Å². The van der Waals surface area contributed by atoms with Gasteiger partial charge in [-0.3, -0.25) is 4.90 Å². The number of hydrogen-bond donors (Lipinski definition) is 0. The third-order valence-electron chi connectivity index (χ3n) is 5.40. The number of halogens is 2. The molecule has 2 aromatic carbocycles. The molecule has 0 saturated carbocycles. The van der Waals surface area contributed by atoms with Crippen LogP contribution in [-0.4, -0.2) is 36.8 Å². The van der Waals surface area contributed by atoms with Crippen molar-refractivity contribution in [1.82, 2.24) is 4.90 Å². The van der Waals surface area contributed by atoms with Gasteiger partial charge in [-0.25, -0.2) is 13.6 Å². The molecule has 0 aliphatic carbocycles. The van der Waals surface area contributed by atoms with Crippen LogP contribution in [-0.2, 0) is 9.47 Å². The average Bonchev–Trinajstić information content (AvgIpc) is 2.69. The summed E-state index contributed by atoms with van der Waals surface area (Å²) in [6.07, 6.45) is 0.337. The van der Waals surface area contributed by atoms with Crippen LogP contribution in [0.5, 0.6) is 0 Å². The maximum absolute atomic E-state index is 13.3. The molecule has 0 aromatic heterocycles. The van der Waals surface area contributed by atoms with Crippen molar-refractivity contribution >= 4 is 6.16 Å². The van der Waals surface area contributed by atoms with E-state index in [4.69, 9.17) is 9.47 Å². The molecule has 4 nitrogen and oxygen atoms in total. The van der Waals surface area contributed by atoms with Gasteiger partial charge in [-0.05, 0) is 67.2 Å². The summed E-state index contributed by atoms with van der Waals surface area (Å²) in [6, 6.07) is 11.4. The van der Waals surface area contributed by atoms with Crippen LogP contribution < -0.4 is 0 Å². The number of piperidine rings is 3. The summed E-state index contributed by atoms with van der Waals surface area (Å²) in [6.45, 7) is 2.83. The molecule has 3 aliphatic heterocycles. The second-order valence-electron chi connectivity index (χ2n) is 7.15. The lowest BCUT2D eigenvalue weighted by molar-refractivity contribution is -0.0642. The molecule has 27 heavy (non-hydrogen) atoms. The molecule has 3 heterocycles. The molecule has 3 aliphatic rings. The molecule has 2 bridgehead atoms. The first-order valence-corrected chi connectivity index (χ1v) is 9.19. The highest BCUT2D eigenvalue weighted by Gasteiger charge is 2.37. The van der Waals surface area contributed by atoms with Crippen LogP contribution in [0.4, 0.5) is 13.6 Å². The van der Waals surface area contributed by atoms with E-state index in [0.717, 1.165) is 32.5 Å². The molecule has 2 aromatic rings. The first-order valence-electron chi connectivity index (χ1n) is 9.19. The zero-order valence-corrected chi connectivity index (χ0v) is 14.8. The lowest BCUT2D eigenvalue weighted by Crippen LogP contribution is -2.52. The smallest absolute Gasteiger partial charge is 0.429 e. The van der Waals surface area contributed by atoms with Gasteiger partial charge in [-0.15, -0.1) is 0 Å². The number of fused-ring (bicyclic) bond motifs is 3. The predicted octanol–water partition coefficient (Wildman–Crippen LogP) is 4.30. The zero-order valence-electron chi connectivity index (χ0n) is 14.8. The van der Waals surface area contributed by atoms with E-state index in [1.807, 2.05) is 0 Å². The molecule has 3 saturated heterocycles. The van der Waals surface area contributed by atoms with Crippen molar-refractivity contribution in [3.8, 4) is 0 Å². The van der Waals surface area contributed by atoms with E-state index in [0.29, 0.717) is 17.0 Å². The minimum atomic E-state index is -0.792. The Morgan fingerprint density at radius 3 is 1.89 bits per heavy atom. The Kier molecular flexibility index (Phi) is 5.07. The van der Waals surface area contributed by atoms with Crippen LogP contribution in [0.3, 0.4) is 0 Å². The minimum absolute atomic E-state index is 0.165. The second kappa shape index (κ2) is 7.64. The van der Waals surface area contributed by atoms with Crippen molar-refractivity contribution in [2.75, 3.05) is 19.6 Å². The second-order valence-corrected chi connectivity index (χ2v) is 7.15. The van der Waals surface area contributed by atoms with Gasteiger partial charge in [0.05, 0.1) is 0 Å². The van der Waals surface area contributed by atoms with Crippen molar-refractivity contribution < 1.29 is 23.0 Å². The van der Waals surface area contributed by atoms with Crippen LogP contribution in [0.15, 0.2) is 48.5 Å². The van der Waals surface area contributed by atoms with Gasteiger partial charge < -0.3 is 9.47 Å². The summed E-state index contributed by atoms with van der Waals surface area (Å²) in [5.41, 5.74) is 1.18. The summed E-state index contributed by atoms with van der Waals surface area (Å²) in [7, 11) is 0. The van der Waals surface area contributed by atoms with Crippen molar-refractivity contribution in [2.24, 2.45) is 5.92 Å². The molecule has 0 spiro atoms. The number of nitrogens with zero attached hydrogens (tertiary/aromatic N) is 1. The molecule has 3 fully saturated rings. The maximum Gasteiger partial charge on any atom is 0.509 e. The fourth-order valence-corrected chi connectivity index (χ4v) is 3.90. The molecular formula is C21H21F2NO3. The molecule has 5 rings (SSSR count). The third kappa shape index (κ3) is 4.11. The van der Waals surface area contributed by atoms with Gasteiger partial charge >= 0.3 is 6.16 Å². The van der Waals surface area contributed by atoms with E-state index in [-0.39, 0.29) is 17.7 Å². The van der Waals surface area contributed by atoms with Gasteiger partial charge in [-0.2, -0.15) is 0 Å². The summed E-state index contributed by atoms with van der Waals surface area (Å²) in [5.74, 6) is -0.393. The normalized spacial score (nSPS) is 24.0. The molecule has 1 atom stereocenters. The van der Waals surface area contributed by atoms with Crippen molar-refractivity contribution in [2.45, 2.75) is 25.0 Å². The molecule has 142 valence electrons. The molecule has 0 N–H and O–H groups in total. The average molecular weight is 373 g/mol. The maximum atomic E-state index is 13.3. The molecule has 0 radical (unpaired) electrons. The van der Waals surface area contributed by atoms with Crippen LogP contribution in [0.1, 0.15) is 30.1 Å². The standard InChI is InChI=1S/C21H21F2NO3/c22-17-5-1-15(2-6-17)20(16-3-7-18(23)8-4-16)27-21(25)26-19-13-24-11-9-14(19)10-12-24/h1-8,14,19-20H,9-13H2/t19-/m0/s1. The van der Waals surface area contributed by atoms with Gasteiger partial charge in [0.2, 0.25) is 0 Å². The van der Waals surface area contributed by atoms with E-state index >= 15 is 0 Å². The SMILES string of the molecule is O=C(OC(c1ccc(F)cc1)c1ccc(F)cc1)O[C@H]1CN2CCC1CC2. The highest BCUT2D eigenvalue weighted by molar-refractivity contribution is 5.61. The van der Waals surface area contributed by atoms with Gasteiger partial charge in [0.1, 0.15) is 17.7 Å². The number of ether oxygens (including phenoxy) is 2. The van der Waals surface area contributed by atoms with Crippen LogP contribution in [0, 0.1) is 17.6 Å². The minimum Gasteiger partial charge on any atom is -0.429 e. The Labute approximate surface area is 156 Å². The fourth-order valence-electron chi connectivity index (χ4n) is 3.90. The van der Waals surface area contributed by atoms with E-state index < -0.39 is 12.3 Å². The Morgan fingerprint density at radius 2 is 1.44 bits per heavy atom.